The fraction of sp³-hybridized carbons (Fsp3) is 0.550. The highest BCUT2D eigenvalue weighted by Crippen LogP contribution is 2.35. The van der Waals surface area contributed by atoms with Gasteiger partial charge in [0.15, 0.2) is 11.0 Å². The zero-order valence-electron chi connectivity index (χ0n) is 16.9. The predicted molar refractivity (Wildman–Crippen MR) is 108 cm³/mol. The molecule has 1 aliphatic rings. The second-order valence-electron chi connectivity index (χ2n) is 9.17. The fourth-order valence-corrected chi connectivity index (χ4v) is 3.91. The number of aromatic nitrogens is 3. The van der Waals surface area contributed by atoms with Crippen molar-refractivity contribution in [1.82, 2.24) is 19.7 Å². The minimum Gasteiger partial charge on any atom is -0.480 e. The van der Waals surface area contributed by atoms with Crippen molar-refractivity contribution in [3.8, 4) is 11.4 Å². The molecule has 146 valence electrons. The molecule has 0 fully saturated rings. The molecule has 0 unspecified atom stereocenters. The van der Waals surface area contributed by atoms with Crippen molar-refractivity contribution in [1.29, 1.82) is 0 Å². The zero-order chi connectivity index (χ0) is 20.0. The Labute approximate surface area is 165 Å². The van der Waals surface area contributed by atoms with Crippen LogP contribution in [0.15, 0.2) is 23.4 Å². The molecule has 0 saturated carbocycles. The van der Waals surface area contributed by atoms with Crippen molar-refractivity contribution in [2.45, 2.75) is 64.2 Å². The second kappa shape index (κ2) is 6.95. The highest BCUT2D eigenvalue weighted by Gasteiger charge is 2.26. The van der Waals surface area contributed by atoms with E-state index in [0.717, 1.165) is 16.5 Å². The monoisotopic (exact) mass is 388 g/mol. The summed E-state index contributed by atoms with van der Waals surface area (Å²) in [4.78, 5) is 13.0. The standard InChI is InChI=1S/C20H28N4O2S/c1-19(2,3)14-7-13(8-15(9-14)20(4,5)6)17-21-22-18-24(17)11-23(12-27-18)10-16(25)26/h7-9H,10-12H2,1-6H3,(H,25,26). The van der Waals surface area contributed by atoms with Crippen LogP contribution in [0.5, 0.6) is 0 Å². The lowest BCUT2D eigenvalue weighted by molar-refractivity contribution is -0.138. The third-order valence-corrected chi connectivity index (χ3v) is 5.77. The zero-order valence-corrected chi connectivity index (χ0v) is 17.7. The Bertz CT molecular complexity index is 830. The average molecular weight is 389 g/mol. The third kappa shape index (κ3) is 4.35. The first kappa shape index (κ1) is 19.9. The lowest BCUT2D eigenvalue weighted by Gasteiger charge is -2.28. The Morgan fingerprint density at radius 2 is 1.67 bits per heavy atom. The largest absolute Gasteiger partial charge is 0.480 e. The summed E-state index contributed by atoms with van der Waals surface area (Å²) in [5, 5.41) is 18.7. The number of hydrogen-bond donors (Lipinski definition) is 1. The highest BCUT2D eigenvalue weighted by molar-refractivity contribution is 7.99. The predicted octanol–water partition coefficient (Wildman–Crippen LogP) is 3.95. The van der Waals surface area contributed by atoms with Crippen LogP contribution in [0.3, 0.4) is 0 Å². The summed E-state index contributed by atoms with van der Waals surface area (Å²) in [6.45, 7) is 13.8. The van der Waals surface area contributed by atoms with Gasteiger partial charge in [-0.05, 0) is 34.1 Å². The van der Waals surface area contributed by atoms with E-state index in [9.17, 15) is 4.79 Å². The van der Waals surface area contributed by atoms with Gasteiger partial charge >= 0.3 is 5.97 Å². The highest BCUT2D eigenvalue weighted by atomic mass is 32.2. The van der Waals surface area contributed by atoms with Crippen molar-refractivity contribution in [2.75, 3.05) is 12.4 Å². The Kier molecular flexibility index (Phi) is 5.12. The molecule has 6 nitrogen and oxygen atoms in total. The van der Waals surface area contributed by atoms with E-state index in [-0.39, 0.29) is 17.4 Å². The molecular weight excluding hydrogens is 360 g/mol. The van der Waals surface area contributed by atoms with Gasteiger partial charge in [0.2, 0.25) is 0 Å². The first-order valence-corrected chi connectivity index (χ1v) is 10.1. The summed E-state index contributed by atoms with van der Waals surface area (Å²) >= 11 is 1.53. The summed E-state index contributed by atoms with van der Waals surface area (Å²) in [5.74, 6) is 0.585. The Morgan fingerprint density at radius 1 is 1.07 bits per heavy atom. The molecule has 3 rings (SSSR count). The molecule has 1 aromatic heterocycles. The number of hydrogen-bond acceptors (Lipinski definition) is 5. The lowest BCUT2D eigenvalue weighted by atomic mass is 9.79. The molecule has 27 heavy (non-hydrogen) atoms. The SMILES string of the molecule is CC(C)(C)c1cc(-c2nnc3n2CN(CC(=O)O)CS3)cc(C(C)(C)C)c1. The summed E-state index contributed by atoms with van der Waals surface area (Å²) < 4.78 is 2.02. The molecule has 0 saturated heterocycles. The summed E-state index contributed by atoms with van der Waals surface area (Å²) in [7, 11) is 0. The van der Waals surface area contributed by atoms with Crippen molar-refractivity contribution < 1.29 is 9.90 Å². The Hall–Kier alpha value is -1.86. The van der Waals surface area contributed by atoms with Gasteiger partial charge in [0.1, 0.15) is 0 Å². The number of thioether (sulfide) groups is 1. The maximum absolute atomic E-state index is 11.1. The third-order valence-electron chi connectivity index (χ3n) is 4.72. The van der Waals surface area contributed by atoms with Gasteiger partial charge in [0.05, 0.1) is 19.1 Å². The van der Waals surface area contributed by atoms with Gasteiger partial charge < -0.3 is 5.11 Å². The molecule has 7 heteroatoms. The first-order valence-electron chi connectivity index (χ1n) is 9.12. The van der Waals surface area contributed by atoms with E-state index < -0.39 is 5.97 Å². The smallest absolute Gasteiger partial charge is 0.317 e. The number of carboxylic acids is 1. The van der Waals surface area contributed by atoms with Gasteiger partial charge in [0, 0.05) is 5.56 Å². The fourth-order valence-electron chi connectivity index (χ4n) is 3.04. The van der Waals surface area contributed by atoms with E-state index in [4.69, 9.17) is 5.11 Å². The van der Waals surface area contributed by atoms with Crippen LogP contribution in [0.4, 0.5) is 0 Å². The van der Waals surface area contributed by atoms with E-state index in [2.05, 4.69) is 69.9 Å². The number of fused-ring (bicyclic) bond motifs is 1. The summed E-state index contributed by atoms with van der Waals surface area (Å²) in [6, 6.07) is 6.66. The number of carboxylic acid groups (broad SMARTS) is 1. The lowest BCUT2D eigenvalue weighted by Crippen LogP contribution is -2.34. The molecule has 1 N–H and O–H groups in total. The van der Waals surface area contributed by atoms with Crippen LogP contribution in [0.25, 0.3) is 11.4 Å². The number of rotatable bonds is 3. The average Bonchev–Trinajstić information content (AvgIpc) is 2.95. The van der Waals surface area contributed by atoms with Crippen molar-refractivity contribution >= 4 is 17.7 Å². The van der Waals surface area contributed by atoms with Crippen LogP contribution in [0.1, 0.15) is 52.7 Å². The first-order chi connectivity index (χ1) is 12.4. The summed E-state index contributed by atoms with van der Waals surface area (Å²) in [5.41, 5.74) is 3.58. The molecule has 2 heterocycles. The van der Waals surface area contributed by atoms with Crippen LogP contribution < -0.4 is 0 Å². The van der Waals surface area contributed by atoms with Crippen molar-refractivity contribution in [3.63, 3.8) is 0 Å². The molecule has 0 amide bonds. The maximum atomic E-state index is 11.1. The molecule has 0 atom stereocenters. The van der Waals surface area contributed by atoms with E-state index in [0.29, 0.717) is 12.5 Å². The normalized spacial score (nSPS) is 15.6. The molecular formula is C20H28N4O2S. The maximum Gasteiger partial charge on any atom is 0.317 e. The van der Waals surface area contributed by atoms with Crippen molar-refractivity contribution in [3.05, 3.63) is 29.3 Å². The van der Waals surface area contributed by atoms with Gasteiger partial charge in [0.25, 0.3) is 0 Å². The van der Waals surface area contributed by atoms with Gasteiger partial charge in [-0.2, -0.15) is 0 Å². The van der Waals surface area contributed by atoms with Gasteiger partial charge in [-0.25, -0.2) is 0 Å². The van der Waals surface area contributed by atoms with E-state index in [1.54, 1.807) is 0 Å². The van der Waals surface area contributed by atoms with Gasteiger partial charge in [-0.15, -0.1) is 10.2 Å². The number of carbonyl (C=O) groups is 1. The second-order valence-corrected chi connectivity index (χ2v) is 10.1. The van der Waals surface area contributed by atoms with Crippen LogP contribution >= 0.6 is 11.8 Å². The van der Waals surface area contributed by atoms with Crippen LogP contribution in [-0.2, 0) is 22.3 Å². The van der Waals surface area contributed by atoms with Crippen LogP contribution in [0, 0.1) is 0 Å². The molecule has 2 aromatic rings. The van der Waals surface area contributed by atoms with E-state index in [1.165, 1.54) is 22.9 Å². The van der Waals surface area contributed by atoms with E-state index >= 15 is 0 Å². The number of benzene rings is 1. The van der Waals surface area contributed by atoms with Crippen molar-refractivity contribution in [2.24, 2.45) is 0 Å². The molecule has 1 aliphatic heterocycles. The molecule has 0 radical (unpaired) electrons. The molecule has 0 spiro atoms. The van der Waals surface area contributed by atoms with Gasteiger partial charge in [-0.1, -0.05) is 59.4 Å². The Balaban J connectivity index is 2.08. The minimum atomic E-state index is -0.821. The Morgan fingerprint density at radius 3 is 2.19 bits per heavy atom. The van der Waals surface area contributed by atoms with E-state index in [1.807, 2.05) is 9.47 Å². The van der Waals surface area contributed by atoms with Crippen LogP contribution in [-0.4, -0.2) is 43.2 Å². The topological polar surface area (TPSA) is 71.2 Å². The molecule has 0 bridgehead atoms. The number of nitrogens with zero attached hydrogens (tertiary/aromatic N) is 4. The molecule has 0 aliphatic carbocycles. The minimum absolute atomic E-state index is 0.0132. The van der Waals surface area contributed by atoms with Crippen LogP contribution in [0.2, 0.25) is 0 Å². The molecule has 1 aromatic carbocycles. The summed E-state index contributed by atoms with van der Waals surface area (Å²) in [6.07, 6.45) is 0. The quantitative estimate of drug-likeness (QED) is 0.858. The number of aliphatic carboxylic acids is 1. The van der Waals surface area contributed by atoms with Gasteiger partial charge in [-0.3, -0.25) is 14.3 Å².